The third kappa shape index (κ3) is 3.90. The molecule has 0 saturated carbocycles. The molecular formula is C48H28O2. The lowest BCUT2D eigenvalue weighted by molar-refractivity contribution is 0.632. The van der Waals surface area contributed by atoms with Gasteiger partial charge in [-0.2, -0.15) is 0 Å². The van der Waals surface area contributed by atoms with Crippen molar-refractivity contribution < 1.29 is 8.83 Å². The molecule has 0 unspecified atom stereocenters. The monoisotopic (exact) mass is 636 g/mol. The van der Waals surface area contributed by atoms with Crippen molar-refractivity contribution in [3.63, 3.8) is 0 Å². The van der Waals surface area contributed by atoms with E-state index in [1.807, 2.05) is 12.1 Å². The Labute approximate surface area is 287 Å². The molecule has 0 aliphatic rings. The Morgan fingerprint density at radius 2 is 0.920 bits per heavy atom. The lowest BCUT2D eigenvalue weighted by atomic mass is 9.86. The Morgan fingerprint density at radius 1 is 0.300 bits per heavy atom. The Balaban J connectivity index is 1.14. The quantitative estimate of drug-likeness (QED) is 0.180. The van der Waals surface area contributed by atoms with Crippen molar-refractivity contribution in [3.8, 4) is 44.7 Å². The molecule has 0 fully saturated rings. The van der Waals surface area contributed by atoms with Gasteiger partial charge in [-0.05, 0) is 84.4 Å². The fourth-order valence-corrected chi connectivity index (χ4v) is 8.24. The third-order valence-corrected chi connectivity index (χ3v) is 10.5. The van der Waals surface area contributed by atoms with Gasteiger partial charge in [-0.25, -0.2) is 0 Å². The largest absolute Gasteiger partial charge is 0.456 e. The topological polar surface area (TPSA) is 26.3 Å². The van der Waals surface area contributed by atoms with Crippen LogP contribution < -0.4 is 0 Å². The maximum Gasteiger partial charge on any atom is 0.143 e. The van der Waals surface area contributed by atoms with E-state index in [9.17, 15) is 0 Å². The van der Waals surface area contributed by atoms with Crippen LogP contribution in [0.4, 0.5) is 0 Å². The van der Waals surface area contributed by atoms with Crippen molar-refractivity contribution in [2.75, 3.05) is 0 Å². The number of rotatable bonds is 4. The number of benzene rings is 9. The Hall–Kier alpha value is -6.64. The predicted octanol–water partition coefficient (Wildman–Crippen LogP) is 13.9. The van der Waals surface area contributed by atoms with Gasteiger partial charge in [0.15, 0.2) is 0 Å². The van der Waals surface area contributed by atoms with E-state index in [4.69, 9.17) is 8.83 Å². The van der Waals surface area contributed by atoms with E-state index in [0.717, 1.165) is 60.9 Å². The molecule has 0 N–H and O–H groups in total. The van der Waals surface area contributed by atoms with Gasteiger partial charge in [0.1, 0.15) is 22.5 Å². The minimum atomic E-state index is 0.883. The Morgan fingerprint density at radius 3 is 1.70 bits per heavy atom. The highest BCUT2D eigenvalue weighted by Crippen LogP contribution is 2.46. The first-order chi connectivity index (χ1) is 24.8. The van der Waals surface area contributed by atoms with Crippen LogP contribution in [0.5, 0.6) is 0 Å². The van der Waals surface area contributed by atoms with E-state index in [0.29, 0.717) is 0 Å². The predicted molar refractivity (Wildman–Crippen MR) is 209 cm³/mol. The summed E-state index contributed by atoms with van der Waals surface area (Å²) >= 11 is 0. The van der Waals surface area contributed by atoms with E-state index in [1.54, 1.807) is 0 Å². The van der Waals surface area contributed by atoms with Gasteiger partial charge in [-0.3, -0.25) is 0 Å². The standard InChI is InChI=1S/C48H28O2/c1-3-10-29(11-4-1)46-40-27-22-33(28-43(40)50-48(46)32-12-5-2-6-13-32)34-23-18-30-21-26-38-35(24-19-31-20-25-37(34)44(30)45(31)38)36-15-9-17-42-47(36)39-14-7-8-16-41(39)49-42/h1-28H. The van der Waals surface area contributed by atoms with Crippen molar-refractivity contribution in [1.29, 1.82) is 0 Å². The summed E-state index contributed by atoms with van der Waals surface area (Å²) in [7, 11) is 0. The molecular weight excluding hydrogens is 609 g/mol. The van der Waals surface area contributed by atoms with Crippen molar-refractivity contribution in [3.05, 3.63) is 170 Å². The average Bonchev–Trinajstić information content (AvgIpc) is 3.76. The summed E-state index contributed by atoms with van der Waals surface area (Å²) in [6.07, 6.45) is 0. The second-order valence-corrected chi connectivity index (χ2v) is 13.2. The molecule has 2 heterocycles. The molecule has 0 aliphatic carbocycles. The van der Waals surface area contributed by atoms with Crippen LogP contribution in [0.15, 0.2) is 179 Å². The van der Waals surface area contributed by atoms with Gasteiger partial charge in [0.2, 0.25) is 0 Å². The highest BCUT2D eigenvalue weighted by atomic mass is 16.3. The van der Waals surface area contributed by atoms with Crippen LogP contribution in [0.3, 0.4) is 0 Å². The Bertz CT molecular complexity index is 3070. The highest BCUT2D eigenvalue weighted by molar-refractivity contribution is 6.29. The second kappa shape index (κ2) is 10.4. The summed E-state index contributed by atoms with van der Waals surface area (Å²) in [4.78, 5) is 0. The smallest absolute Gasteiger partial charge is 0.143 e. The molecule has 11 aromatic rings. The second-order valence-electron chi connectivity index (χ2n) is 13.2. The lowest BCUT2D eigenvalue weighted by Gasteiger charge is -2.17. The van der Waals surface area contributed by atoms with Gasteiger partial charge in [0.25, 0.3) is 0 Å². The zero-order valence-corrected chi connectivity index (χ0v) is 27.0. The minimum absolute atomic E-state index is 0.883. The average molecular weight is 637 g/mol. The van der Waals surface area contributed by atoms with Crippen LogP contribution in [-0.2, 0) is 0 Å². The summed E-state index contributed by atoms with van der Waals surface area (Å²) in [5.41, 5.74) is 10.8. The van der Waals surface area contributed by atoms with Gasteiger partial charge < -0.3 is 8.83 Å². The van der Waals surface area contributed by atoms with E-state index in [1.165, 1.54) is 49.0 Å². The van der Waals surface area contributed by atoms with Gasteiger partial charge in [-0.15, -0.1) is 0 Å². The van der Waals surface area contributed by atoms with Crippen LogP contribution in [0.1, 0.15) is 0 Å². The molecule has 0 atom stereocenters. The first kappa shape index (κ1) is 27.3. The molecule has 0 aliphatic heterocycles. The number of para-hydroxylation sites is 1. The van der Waals surface area contributed by atoms with Crippen LogP contribution in [0, 0.1) is 0 Å². The fourth-order valence-electron chi connectivity index (χ4n) is 8.24. The first-order valence-electron chi connectivity index (χ1n) is 17.1. The molecule has 0 amide bonds. The van der Waals surface area contributed by atoms with Crippen molar-refractivity contribution in [2.45, 2.75) is 0 Å². The number of hydrogen-bond donors (Lipinski definition) is 0. The summed E-state index contributed by atoms with van der Waals surface area (Å²) in [5, 5.41) is 11.0. The first-order valence-corrected chi connectivity index (χ1v) is 17.1. The van der Waals surface area contributed by atoms with Crippen LogP contribution in [0.25, 0.3) is 110 Å². The molecule has 0 spiro atoms. The van der Waals surface area contributed by atoms with E-state index >= 15 is 0 Å². The fraction of sp³-hybridized carbons (Fsp3) is 0. The van der Waals surface area contributed by atoms with E-state index < -0.39 is 0 Å². The van der Waals surface area contributed by atoms with Gasteiger partial charge in [0, 0.05) is 27.3 Å². The lowest BCUT2D eigenvalue weighted by Crippen LogP contribution is -1.90. The number of furan rings is 2. The molecule has 2 aromatic heterocycles. The summed E-state index contributed by atoms with van der Waals surface area (Å²) in [6, 6.07) is 60.6. The van der Waals surface area contributed by atoms with Crippen molar-refractivity contribution >= 4 is 65.2 Å². The van der Waals surface area contributed by atoms with E-state index in [2.05, 4.69) is 158 Å². The molecule has 232 valence electrons. The molecule has 11 rings (SSSR count). The zero-order chi connectivity index (χ0) is 32.8. The third-order valence-electron chi connectivity index (χ3n) is 10.5. The summed E-state index contributed by atoms with van der Waals surface area (Å²) < 4.78 is 13.0. The SMILES string of the molecule is c1ccc(-c2oc3cc(-c4ccc5ccc6c(-c7cccc8oc9ccccc9c78)ccc7ccc4c5c76)ccc3c2-c2ccccc2)cc1. The summed E-state index contributed by atoms with van der Waals surface area (Å²) in [5.74, 6) is 0.896. The molecule has 0 bridgehead atoms. The normalized spacial score (nSPS) is 12.0. The van der Waals surface area contributed by atoms with E-state index in [-0.39, 0.29) is 0 Å². The Kier molecular flexibility index (Phi) is 5.70. The number of fused-ring (bicyclic) bond motifs is 4. The molecule has 0 radical (unpaired) electrons. The van der Waals surface area contributed by atoms with Crippen molar-refractivity contribution in [2.24, 2.45) is 0 Å². The van der Waals surface area contributed by atoms with Gasteiger partial charge >= 0.3 is 0 Å². The molecule has 2 heteroatoms. The number of hydrogen-bond acceptors (Lipinski definition) is 2. The highest BCUT2D eigenvalue weighted by Gasteiger charge is 2.21. The van der Waals surface area contributed by atoms with Crippen LogP contribution in [-0.4, -0.2) is 0 Å². The molecule has 9 aromatic carbocycles. The maximum absolute atomic E-state index is 6.74. The maximum atomic E-state index is 6.74. The zero-order valence-electron chi connectivity index (χ0n) is 27.0. The molecule has 2 nitrogen and oxygen atoms in total. The molecule has 50 heavy (non-hydrogen) atoms. The summed E-state index contributed by atoms with van der Waals surface area (Å²) in [6.45, 7) is 0. The van der Waals surface area contributed by atoms with Crippen LogP contribution >= 0.6 is 0 Å². The van der Waals surface area contributed by atoms with Gasteiger partial charge in [0.05, 0.1) is 0 Å². The molecule has 0 saturated heterocycles. The minimum Gasteiger partial charge on any atom is -0.456 e. The van der Waals surface area contributed by atoms with Crippen molar-refractivity contribution in [1.82, 2.24) is 0 Å². The van der Waals surface area contributed by atoms with Crippen LogP contribution in [0.2, 0.25) is 0 Å². The van der Waals surface area contributed by atoms with Gasteiger partial charge in [-0.1, -0.05) is 146 Å².